The van der Waals surface area contributed by atoms with Crippen LogP contribution in [0.1, 0.15) is 16.8 Å². The number of carbonyl (C=O) groups is 1. The number of rotatable bonds is 6. The number of halogens is 1. The predicted octanol–water partition coefficient (Wildman–Crippen LogP) is 4.81. The Balaban J connectivity index is 1.50. The van der Waals surface area contributed by atoms with Gasteiger partial charge in [-0.1, -0.05) is 30.3 Å². The van der Waals surface area contributed by atoms with Gasteiger partial charge in [-0.25, -0.2) is 17.4 Å². The Kier molecular flexibility index (Phi) is 6.48. The molecule has 1 atom stereocenters. The Morgan fingerprint density at radius 1 is 1.17 bits per heavy atom. The number of hydrogen-bond donors (Lipinski definition) is 0. The van der Waals surface area contributed by atoms with Crippen LogP contribution in [0.25, 0.3) is 22.2 Å². The highest BCUT2D eigenvalue weighted by atomic mass is 79.9. The molecule has 2 aromatic heterocycles. The molecule has 2 aromatic carbocycles. The number of pyridine rings is 1. The first kappa shape index (κ1) is 23.7. The maximum Gasteiger partial charge on any atom is 0.269 e. The molecule has 5 rings (SSSR count). The predicted molar refractivity (Wildman–Crippen MR) is 138 cm³/mol. The van der Waals surface area contributed by atoms with Gasteiger partial charge in [-0.05, 0) is 58.2 Å². The summed E-state index contributed by atoms with van der Waals surface area (Å²) in [4.78, 5) is 19.2. The Labute approximate surface area is 212 Å². The van der Waals surface area contributed by atoms with Crippen molar-refractivity contribution in [2.45, 2.75) is 11.3 Å². The summed E-state index contributed by atoms with van der Waals surface area (Å²) in [5.74, 6) is 0.314. The van der Waals surface area contributed by atoms with E-state index in [-0.39, 0.29) is 10.8 Å². The molecule has 180 valence electrons. The van der Waals surface area contributed by atoms with Crippen molar-refractivity contribution in [3.05, 3.63) is 83.1 Å². The van der Waals surface area contributed by atoms with Crippen molar-refractivity contribution in [3.8, 4) is 11.1 Å². The minimum Gasteiger partial charge on any atom is -0.381 e. The molecule has 1 fully saturated rings. The molecule has 0 spiro atoms. The second kappa shape index (κ2) is 9.56. The number of ether oxygens (including phenoxy) is 1. The molecule has 0 radical (unpaired) electrons. The van der Waals surface area contributed by atoms with Gasteiger partial charge in [-0.15, -0.1) is 0 Å². The first-order valence-corrected chi connectivity index (χ1v) is 13.5. The molecule has 1 saturated heterocycles. The number of benzene rings is 2. The molecule has 4 aromatic rings. The molecule has 1 aliphatic rings. The number of carbonyl (C=O) groups excluding carboxylic acids is 1. The normalized spacial score (nSPS) is 16.0. The summed E-state index contributed by atoms with van der Waals surface area (Å²) in [6.45, 7) is 2.10. The van der Waals surface area contributed by atoms with Gasteiger partial charge in [0.15, 0.2) is 5.65 Å². The van der Waals surface area contributed by atoms with Crippen molar-refractivity contribution in [2.75, 3.05) is 26.8 Å². The van der Waals surface area contributed by atoms with Gasteiger partial charge in [0.2, 0.25) is 0 Å². The quantitative estimate of drug-likeness (QED) is 0.342. The molecular weight excluding hydrogens is 530 g/mol. The van der Waals surface area contributed by atoms with E-state index in [1.54, 1.807) is 66.8 Å². The molecule has 1 aliphatic heterocycles. The van der Waals surface area contributed by atoms with Gasteiger partial charge < -0.3 is 9.64 Å². The first-order valence-electron chi connectivity index (χ1n) is 11.3. The van der Waals surface area contributed by atoms with Gasteiger partial charge in [-0.2, -0.15) is 0 Å². The van der Waals surface area contributed by atoms with Crippen molar-refractivity contribution in [2.24, 2.45) is 5.92 Å². The van der Waals surface area contributed by atoms with Crippen LogP contribution in [0.3, 0.4) is 0 Å². The van der Waals surface area contributed by atoms with Crippen molar-refractivity contribution in [1.82, 2.24) is 13.9 Å². The number of aromatic nitrogens is 2. The summed E-state index contributed by atoms with van der Waals surface area (Å²) in [6.07, 6.45) is 4.14. The number of hydrogen-bond acceptors (Lipinski definition) is 5. The molecule has 0 bridgehead atoms. The highest BCUT2D eigenvalue weighted by molar-refractivity contribution is 9.10. The summed E-state index contributed by atoms with van der Waals surface area (Å²) in [6, 6.07) is 17.4. The van der Waals surface area contributed by atoms with Gasteiger partial charge in [0.1, 0.15) is 0 Å². The average molecular weight is 554 g/mol. The van der Waals surface area contributed by atoms with Crippen molar-refractivity contribution in [3.63, 3.8) is 0 Å². The lowest BCUT2D eigenvalue weighted by Crippen LogP contribution is -2.32. The fourth-order valence-electron chi connectivity index (χ4n) is 4.38. The second-order valence-corrected chi connectivity index (χ2v) is 11.4. The molecule has 0 saturated carbocycles. The van der Waals surface area contributed by atoms with Gasteiger partial charge in [0.05, 0.1) is 11.5 Å². The minimum atomic E-state index is -3.84. The van der Waals surface area contributed by atoms with Crippen molar-refractivity contribution in [1.29, 1.82) is 0 Å². The fraction of sp³-hybridized carbons (Fsp3) is 0.231. The standard InChI is InChI=1S/C26H24BrN3O4S/c1-29(15-18-11-12-34-17-18)26(31)20-9-7-19(8-10-20)24-16-30(25-23(24)13-21(27)14-28-25)35(32,33)22-5-3-2-4-6-22/h2-10,13-14,16,18H,11-12,15,17H2,1H3/t18-/m0/s1. The highest BCUT2D eigenvalue weighted by Crippen LogP contribution is 2.34. The molecule has 0 N–H and O–H groups in total. The van der Waals surface area contributed by atoms with Crippen LogP contribution >= 0.6 is 15.9 Å². The van der Waals surface area contributed by atoms with Crippen LogP contribution in [0.15, 0.2) is 82.4 Å². The molecule has 7 nitrogen and oxygen atoms in total. The van der Waals surface area contributed by atoms with Crippen LogP contribution in [-0.2, 0) is 14.8 Å². The Hall–Kier alpha value is -3.01. The minimum absolute atomic E-state index is 0.0538. The third-order valence-electron chi connectivity index (χ3n) is 6.22. The van der Waals surface area contributed by atoms with Gasteiger partial charge in [-0.3, -0.25) is 4.79 Å². The summed E-state index contributed by atoms with van der Waals surface area (Å²) >= 11 is 3.45. The van der Waals surface area contributed by atoms with E-state index in [9.17, 15) is 13.2 Å². The van der Waals surface area contributed by atoms with E-state index in [1.165, 1.54) is 3.97 Å². The van der Waals surface area contributed by atoms with E-state index in [4.69, 9.17) is 4.74 Å². The van der Waals surface area contributed by atoms with E-state index in [2.05, 4.69) is 20.9 Å². The lowest BCUT2D eigenvalue weighted by atomic mass is 10.0. The maximum absolute atomic E-state index is 13.4. The van der Waals surface area contributed by atoms with Gasteiger partial charge in [0.25, 0.3) is 15.9 Å². The summed E-state index contributed by atoms with van der Waals surface area (Å²) in [7, 11) is -2.04. The van der Waals surface area contributed by atoms with Crippen LogP contribution < -0.4 is 0 Å². The zero-order valence-corrected chi connectivity index (χ0v) is 21.5. The summed E-state index contributed by atoms with van der Waals surface area (Å²) in [5.41, 5.74) is 2.42. The molecule has 0 aliphatic carbocycles. The third-order valence-corrected chi connectivity index (χ3v) is 8.32. The molecule has 35 heavy (non-hydrogen) atoms. The average Bonchev–Trinajstić information content (AvgIpc) is 3.52. The maximum atomic E-state index is 13.4. The Morgan fingerprint density at radius 3 is 2.60 bits per heavy atom. The second-order valence-electron chi connectivity index (χ2n) is 8.67. The van der Waals surface area contributed by atoms with Crippen molar-refractivity contribution < 1.29 is 17.9 Å². The van der Waals surface area contributed by atoms with Crippen LogP contribution in [0.2, 0.25) is 0 Å². The summed E-state index contributed by atoms with van der Waals surface area (Å²) in [5, 5.41) is 0.691. The SMILES string of the molecule is CN(C[C@@H]1CCOC1)C(=O)c1ccc(-c2cn(S(=O)(=O)c3ccccc3)c3ncc(Br)cc23)cc1. The summed E-state index contributed by atoms with van der Waals surface area (Å²) < 4.78 is 34.2. The Bertz CT molecular complexity index is 1480. The van der Waals surface area contributed by atoms with E-state index in [0.29, 0.717) is 41.2 Å². The third kappa shape index (κ3) is 4.63. The largest absolute Gasteiger partial charge is 0.381 e. The van der Waals surface area contributed by atoms with E-state index < -0.39 is 10.0 Å². The fourth-order valence-corrected chi connectivity index (χ4v) is 6.06. The highest BCUT2D eigenvalue weighted by Gasteiger charge is 2.24. The lowest BCUT2D eigenvalue weighted by molar-refractivity contribution is 0.0766. The first-order chi connectivity index (χ1) is 16.8. The Morgan fingerprint density at radius 2 is 1.91 bits per heavy atom. The molecule has 0 unspecified atom stereocenters. The zero-order chi connectivity index (χ0) is 24.6. The van der Waals surface area contributed by atoms with E-state index in [0.717, 1.165) is 23.1 Å². The topological polar surface area (TPSA) is 81.5 Å². The molecular formula is C26H24BrN3O4S. The number of amides is 1. The zero-order valence-electron chi connectivity index (χ0n) is 19.1. The number of fused-ring (bicyclic) bond motifs is 1. The molecule has 1 amide bonds. The van der Waals surface area contributed by atoms with Crippen LogP contribution in [0.4, 0.5) is 0 Å². The van der Waals surface area contributed by atoms with Gasteiger partial charge >= 0.3 is 0 Å². The lowest BCUT2D eigenvalue weighted by Gasteiger charge is -2.20. The van der Waals surface area contributed by atoms with Crippen LogP contribution in [0.5, 0.6) is 0 Å². The number of nitrogens with zero attached hydrogens (tertiary/aromatic N) is 3. The van der Waals surface area contributed by atoms with Crippen LogP contribution in [0, 0.1) is 5.92 Å². The molecule has 3 heterocycles. The van der Waals surface area contributed by atoms with Gasteiger partial charge in [0, 0.05) is 59.5 Å². The molecule has 9 heteroatoms. The van der Waals surface area contributed by atoms with E-state index in [1.807, 2.05) is 18.2 Å². The van der Waals surface area contributed by atoms with Crippen molar-refractivity contribution >= 4 is 42.9 Å². The van der Waals surface area contributed by atoms with Crippen LogP contribution in [-0.4, -0.2) is 55.0 Å². The van der Waals surface area contributed by atoms with E-state index >= 15 is 0 Å². The monoisotopic (exact) mass is 553 g/mol. The smallest absolute Gasteiger partial charge is 0.269 e.